The Kier molecular flexibility index (Phi) is 8.09. The minimum Gasteiger partial charge on any atom is -0.493 e. The first-order chi connectivity index (χ1) is 14.4. The Labute approximate surface area is 173 Å². The quantitative estimate of drug-likeness (QED) is 0.275. The number of hydrazone groups is 1. The molecule has 0 radical (unpaired) electrons. The maximum atomic E-state index is 12.1. The highest BCUT2D eigenvalue weighted by atomic mass is 16.6. The first kappa shape index (κ1) is 22.6. The molecule has 2 aromatic rings. The molecule has 0 bridgehead atoms. The molecule has 10 heteroatoms. The van der Waals surface area contributed by atoms with Gasteiger partial charge in [-0.15, -0.1) is 0 Å². The van der Waals surface area contributed by atoms with E-state index in [4.69, 9.17) is 9.47 Å². The average Bonchev–Trinajstić information content (AvgIpc) is 2.73. The van der Waals surface area contributed by atoms with Gasteiger partial charge in [-0.25, -0.2) is 5.43 Å². The highest BCUT2D eigenvalue weighted by Gasteiger charge is 2.22. The lowest BCUT2D eigenvalue weighted by Crippen LogP contribution is -2.29. The third kappa shape index (κ3) is 5.66. The average molecular weight is 416 g/mol. The largest absolute Gasteiger partial charge is 0.493 e. The van der Waals surface area contributed by atoms with Gasteiger partial charge in [-0.1, -0.05) is 19.8 Å². The van der Waals surface area contributed by atoms with Crippen LogP contribution in [0.2, 0.25) is 0 Å². The van der Waals surface area contributed by atoms with Crippen LogP contribution in [0, 0.1) is 10.1 Å². The molecule has 1 heterocycles. The molecule has 1 aromatic carbocycles. The van der Waals surface area contributed by atoms with E-state index in [-0.39, 0.29) is 22.7 Å². The second-order valence-electron chi connectivity index (χ2n) is 6.42. The van der Waals surface area contributed by atoms with Gasteiger partial charge in [0.1, 0.15) is 5.56 Å². The lowest BCUT2D eigenvalue weighted by Gasteiger charge is -2.11. The van der Waals surface area contributed by atoms with Crippen molar-refractivity contribution in [1.29, 1.82) is 0 Å². The zero-order valence-electron chi connectivity index (χ0n) is 17.1. The van der Waals surface area contributed by atoms with E-state index < -0.39 is 16.4 Å². The summed E-state index contributed by atoms with van der Waals surface area (Å²) < 4.78 is 12.1. The number of amides is 1. The molecule has 2 rings (SSSR count). The van der Waals surface area contributed by atoms with Crippen LogP contribution in [-0.2, 0) is 7.05 Å². The van der Waals surface area contributed by atoms with Crippen molar-refractivity contribution < 1.29 is 19.2 Å². The van der Waals surface area contributed by atoms with Gasteiger partial charge in [-0.3, -0.25) is 19.7 Å². The number of carbonyl (C=O) groups excluding carboxylic acids is 1. The Balaban J connectivity index is 2.21. The van der Waals surface area contributed by atoms with Crippen LogP contribution in [0.1, 0.15) is 42.1 Å². The van der Waals surface area contributed by atoms with E-state index in [1.54, 1.807) is 6.07 Å². The molecule has 0 fully saturated rings. The smallest absolute Gasteiger partial charge is 0.315 e. The summed E-state index contributed by atoms with van der Waals surface area (Å²) in [6, 6.07) is 5.73. The zero-order chi connectivity index (χ0) is 22.1. The number of nitro groups is 1. The molecule has 1 amide bonds. The van der Waals surface area contributed by atoms with Crippen LogP contribution in [0.3, 0.4) is 0 Å². The number of hydrogen-bond acceptors (Lipinski definition) is 7. The number of unbranched alkanes of at least 4 members (excludes halogenated alkanes) is 2. The van der Waals surface area contributed by atoms with Crippen LogP contribution < -0.4 is 20.5 Å². The third-order valence-corrected chi connectivity index (χ3v) is 4.22. The van der Waals surface area contributed by atoms with E-state index in [0.717, 1.165) is 19.3 Å². The molecular weight excluding hydrogens is 392 g/mol. The molecule has 0 spiro atoms. The summed E-state index contributed by atoms with van der Waals surface area (Å²) >= 11 is 0. The van der Waals surface area contributed by atoms with Crippen molar-refractivity contribution in [3.8, 4) is 11.5 Å². The van der Waals surface area contributed by atoms with Crippen molar-refractivity contribution in [2.75, 3.05) is 13.7 Å². The SMILES string of the molecule is CCCCCOc1c(OC)cc(/C=N\NC(=O)c2cccn(C)c2=O)cc1[N+](=O)[O-]. The predicted molar refractivity (Wildman–Crippen MR) is 111 cm³/mol. The highest BCUT2D eigenvalue weighted by molar-refractivity contribution is 5.94. The summed E-state index contributed by atoms with van der Waals surface area (Å²) in [6.45, 7) is 2.38. The fraction of sp³-hybridized carbons (Fsp3) is 0.350. The van der Waals surface area contributed by atoms with Crippen molar-refractivity contribution in [1.82, 2.24) is 9.99 Å². The van der Waals surface area contributed by atoms with Gasteiger partial charge in [0.05, 0.1) is 24.9 Å². The first-order valence-corrected chi connectivity index (χ1v) is 9.37. The van der Waals surface area contributed by atoms with Crippen molar-refractivity contribution in [3.05, 3.63) is 62.1 Å². The molecule has 30 heavy (non-hydrogen) atoms. The number of aryl methyl sites for hydroxylation is 1. The van der Waals surface area contributed by atoms with E-state index in [0.29, 0.717) is 12.2 Å². The van der Waals surface area contributed by atoms with Gasteiger partial charge >= 0.3 is 5.69 Å². The van der Waals surface area contributed by atoms with Gasteiger partial charge in [-0.05, 0) is 24.6 Å². The van der Waals surface area contributed by atoms with Crippen LogP contribution in [-0.4, -0.2) is 35.3 Å². The Morgan fingerprint density at radius 1 is 1.37 bits per heavy atom. The van der Waals surface area contributed by atoms with E-state index in [1.807, 2.05) is 6.92 Å². The number of pyridine rings is 1. The van der Waals surface area contributed by atoms with Gasteiger partial charge in [0.2, 0.25) is 5.75 Å². The second kappa shape index (κ2) is 10.7. The molecule has 0 saturated heterocycles. The Bertz CT molecular complexity index is 999. The summed E-state index contributed by atoms with van der Waals surface area (Å²) in [5.41, 5.74) is 1.75. The molecular formula is C20H24N4O6. The lowest BCUT2D eigenvalue weighted by atomic mass is 10.2. The number of benzene rings is 1. The predicted octanol–water partition coefficient (Wildman–Crippen LogP) is 2.64. The fourth-order valence-electron chi connectivity index (χ4n) is 2.64. The Morgan fingerprint density at radius 3 is 2.80 bits per heavy atom. The summed E-state index contributed by atoms with van der Waals surface area (Å²) in [6.07, 6.45) is 5.47. The molecule has 1 N–H and O–H groups in total. The lowest BCUT2D eigenvalue weighted by molar-refractivity contribution is -0.386. The maximum absolute atomic E-state index is 12.1. The summed E-state index contributed by atoms with van der Waals surface area (Å²) in [5, 5.41) is 15.3. The molecule has 0 aliphatic carbocycles. The topological polar surface area (TPSA) is 125 Å². The summed E-state index contributed by atoms with van der Waals surface area (Å²) in [4.78, 5) is 35.0. The summed E-state index contributed by atoms with van der Waals surface area (Å²) in [5.74, 6) is -0.456. The number of hydrogen-bond donors (Lipinski definition) is 1. The fourth-order valence-corrected chi connectivity index (χ4v) is 2.64. The van der Waals surface area contributed by atoms with Gasteiger partial charge in [0, 0.05) is 24.9 Å². The number of nitrogens with one attached hydrogen (secondary N) is 1. The third-order valence-electron chi connectivity index (χ3n) is 4.22. The molecule has 1 aromatic heterocycles. The molecule has 10 nitrogen and oxygen atoms in total. The van der Waals surface area contributed by atoms with Crippen LogP contribution in [0.15, 0.2) is 40.4 Å². The molecule has 0 saturated carbocycles. The van der Waals surface area contributed by atoms with E-state index in [1.165, 1.54) is 49.3 Å². The number of ether oxygens (including phenoxy) is 2. The first-order valence-electron chi connectivity index (χ1n) is 9.37. The van der Waals surface area contributed by atoms with E-state index >= 15 is 0 Å². The molecule has 0 unspecified atom stereocenters. The minimum absolute atomic E-state index is 0.0487. The molecule has 0 atom stereocenters. The van der Waals surface area contributed by atoms with Crippen LogP contribution in [0.5, 0.6) is 11.5 Å². The number of methoxy groups -OCH3 is 1. The second-order valence-corrected chi connectivity index (χ2v) is 6.42. The van der Waals surface area contributed by atoms with E-state index in [9.17, 15) is 19.7 Å². The minimum atomic E-state index is -0.690. The number of nitrogens with zero attached hydrogens (tertiary/aromatic N) is 3. The Morgan fingerprint density at radius 2 is 2.13 bits per heavy atom. The van der Waals surface area contributed by atoms with Gasteiger partial charge in [0.15, 0.2) is 5.75 Å². The molecule has 0 aliphatic rings. The number of rotatable bonds is 10. The highest BCUT2D eigenvalue weighted by Crippen LogP contribution is 2.38. The van der Waals surface area contributed by atoms with Crippen molar-refractivity contribution in [3.63, 3.8) is 0 Å². The monoisotopic (exact) mass is 416 g/mol. The number of nitro benzene ring substituents is 1. The number of aromatic nitrogens is 1. The zero-order valence-corrected chi connectivity index (χ0v) is 17.1. The molecule has 0 aliphatic heterocycles. The van der Waals surface area contributed by atoms with Gasteiger partial charge in [0.25, 0.3) is 11.5 Å². The van der Waals surface area contributed by atoms with E-state index in [2.05, 4.69) is 10.5 Å². The van der Waals surface area contributed by atoms with Crippen molar-refractivity contribution in [2.45, 2.75) is 26.2 Å². The van der Waals surface area contributed by atoms with Crippen LogP contribution in [0.25, 0.3) is 0 Å². The number of carbonyl (C=O) groups is 1. The standard InChI is InChI=1S/C20H24N4O6/c1-4-5-6-10-30-18-16(24(27)28)11-14(12-17(18)29-3)13-21-22-19(25)15-8-7-9-23(2)20(15)26/h7-9,11-13H,4-6,10H2,1-3H3,(H,22,25)/b21-13-. The maximum Gasteiger partial charge on any atom is 0.315 e. The Hall–Kier alpha value is -3.69. The van der Waals surface area contributed by atoms with Crippen LogP contribution >= 0.6 is 0 Å². The van der Waals surface area contributed by atoms with Crippen molar-refractivity contribution in [2.24, 2.45) is 12.1 Å². The van der Waals surface area contributed by atoms with Gasteiger partial charge < -0.3 is 14.0 Å². The summed E-state index contributed by atoms with van der Waals surface area (Å²) in [7, 11) is 2.91. The van der Waals surface area contributed by atoms with Gasteiger partial charge in [-0.2, -0.15) is 5.10 Å². The molecule has 160 valence electrons. The van der Waals surface area contributed by atoms with Crippen molar-refractivity contribution >= 4 is 17.8 Å². The van der Waals surface area contributed by atoms with Crippen LogP contribution in [0.4, 0.5) is 5.69 Å². The normalized spacial score (nSPS) is 10.8.